The van der Waals surface area contributed by atoms with E-state index in [9.17, 15) is 8.42 Å². The molecule has 0 atom stereocenters. The van der Waals surface area contributed by atoms with Crippen molar-refractivity contribution < 1.29 is 8.42 Å². The van der Waals surface area contributed by atoms with E-state index in [0.29, 0.717) is 11.4 Å². The molecular weight excluding hydrogens is 350 g/mol. The average Bonchev–Trinajstić information content (AvgIpc) is 3.17. The van der Waals surface area contributed by atoms with Crippen LogP contribution in [0.15, 0.2) is 71.9 Å². The van der Waals surface area contributed by atoms with E-state index in [0.717, 1.165) is 16.3 Å². The molecule has 0 saturated carbocycles. The van der Waals surface area contributed by atoms with Crippen molar-refractivity contribution in [2.24, 2.45) is 0 Å². The van der Waals surface area contributed by atoms with E-state index in [1.807, 2.05) is 37.3 Å². The van der Waals surface area contributed by atoms with E-state index in [4.69, 9.17) is 0 Å². The van der Waals surface area contributed by atoms with Crippen molar-refractivity contribution >= 4 is 26.5 Å². The second-order valence-corrected chi connectivity index (χ2v) is 7.50. The highest BCUT2D eigenvalue weighted by Crippen LogP contribution is 2.25. The summed E-state index contributed by atoms with van der Waals surface area (Å²) >= 11 is 0. The summed E-state index contributed by atoms with van der Waals surface area (Å²) in [4.78, 5) is 0.212. The van der Waals surface area contributed by atoms with Gasteiger partial charge in [-0.2, -0.15) is 0 Å². The molecule has 4 rings (SSSR count). The molecule has 1 N–H and O–H groups in total. The maximum Gasteiger partial charge on any atom is 0.261 e. The van der Waals surface area contributed by atoms with Crippen molar-refractivity contribution in [2.45, 2.75) is 11.8 Å². The first kappa shape index (κ1) is 16.2. The van der Waals surface area contributed by atoms with Gasteiger partial charge in [-0.15, -0.1) is 5.10 Å². The SMILES string of the molecule is Cc1c(NS(=O)(=O)c2ccc3ccccc3c2)cccc1-n1cnnn1. The van der Waals surface area contributed by atoms with E-state index in [2.05, 4.69) is 20.2 Å². The number of hydrogen-bond donors (Lipinski definition) is 1. The van der Waals surface area contributed by atoms with Crippen LogP contribution in [0.3, 0.4) is 0 Å². The maximum absolute atomic E-state index is 12.8. The van der Waals surface area contributed by atoms with Gasteiger partial charge in [0, 0.05) is 0 Å². The summed E-state index contributed by atoms with van der Waals surface area (Å²) < 4.78 is 29.8. The summed E-state index contributed by atoms with van der Waals surface area (Å²) in [6, 6.07) is 18.0. The van der Waals surface area contributed by atoms with Crippen LogP contribution in [-0.2, 0) is 10.0 Å². The van der Waals surface area contributed by atoms with Crippen molar-refractivity contribution in [3.8, 4) is 5.69 Å². The van der Waals surface area contributed by atoms with Gasteiger partial charge in [0.2, 0.25) is 0 Å². The Kier molecular flexibility index (Phi) is 3.89. The van der Waals surface area contributed by atoms with Crippen LogP contribution in [0.5, 0.6) is 0 Å². The average molecular weight is 365 g/mol. The van der Waals surface area contributed by atoms with Gasteiger partial charge in [-0.25, -0.2) is 13.1 Å². The van der Waals surface area contributed by atoms with Gasteiger partial charge >= 0.3 is 0 Å². The number of hydrogen-bond acceptors (Lipinski definition) is 5. The molecule has 7 nitrogen and oxygen atoms in total. The lowest BCUT2D eigenvalue weighted by molar-refractivity contribution is 0.601. The summed E-state index contributed by atoms with van der Waals surface area (Å²) in [5.41, 5.74) is 1.91. The molecule has 0 aliphatic rings. The molecule has 0 radical (unpaired) electrons. The van der Waals surface area contributed by atoms with Gasteiger partial charge in [0.25, 0.3) is 10.0 Å². The molecule has 3 aromatic carbocycles. The van der Waals surface area contributed by atoms with Gasteiger partial charge in [0.1, 0.15) is 6.33 Å². The highest BCUT2D eigenvalue weighted by atomic mass is 32.2. The second-order valence-electron chi connectivity index (χ2n) is 5.82. The Morgan fingerprint density at radius 2 is 1.77 bits per heavy atom. The normalized spacial score (nSPS) is 11.6. The Morgan fingerprint density at radius 1 is 0.962 bits per heavy atom. The molecule has 1 heterocycles. The molecule has 0 fully saturated rings. The van der Waals surface area contributed by atoms with Gasteiger partial charge in [-0.3, -0.25) is 4.72 Å². The summed E-state index contributed by atoms with van der Waals surface area (Å²) in [6.45, 7) is 1.81. The quantitative estimate of drug-likeness (QED) is 0.600. The summed E-state index contributed by atoms with van der Waals surface area (Å²) in [5.74, 6) is 0. The largest absolute Gasteiger partial charge is 0.279 e. The van der Waals surface area contributed by atoms with Gasteiger partial charge in [-0.1, -0.05) is 36.4 Å². The summed E-state index contributed by atoms with van der Waals surface area (Å²) in [5, 5.41) is 12.9. The molecule has 4 aromatic rings. The zero-order chi connectivity index (χ0) is 18.1. The molecule has 8 heteroatoms. The van der Waals surface area contributed by atoms with E-state index in [-0.39, 0.29) is 4.90 Å². The number of benzene rings is 3. The number of tetrazole rings is 1. The molecule has 0 bridgehead atoms. The maximum atomic E-state index is 12.8. The molecule has 0 unspecified atom stereocenters. The van der Waals surface area contributed by atoms with Crippen molar-refractivity contribution in [3.63, 3.8) is 0 Å². The van der Waals surface area contributed by atoms with Crippen molar-refractivity contribution in [3.05, 3.63) is 72.6 Å². The lowest BCUT2D eigenvalue weighted by atomic mass is 10.1. The molecule has 0 saturated heterocycles. The van der Waals surface area contributed by atoms with Crippen LogP contribution in [0.1, 0.15) is 5.56 Å². The molecule has 130 valence electrons. The third kappa shape index (κ3) is 2.91. The Morgan fingerprint density at radius 3 is 2.54 bits per heavy atom. The minimum Gasteiger partial charge on any atom is -0.279 e. The minimum absolute atomic E-state index is 0.212. The van der Waals surface area contributed by atoms with E-state index in [1.165, 1.54) is 11.0 Å². The first-order valence-electron chi connectivity index (χ1n) is 7.89. The highest BCUT2D eigenvalue weighted by Gasteiger charge is 2.17. The molecular formula is C18H15N5O2S. The third-order valence-corrected chi connectivity index (χ3v) is 5.54. The van der Waals surface area contributed by atoms with Crippen molar-refractivity contribution in [2.75, 3.05) is 4.72 Å². The fraction of sp³-hybridized carbons (Fsp3) is 0.0556. The van der Waals surface area contributed by atoms with Crippen LogP contribution < -0.4 is 4.72 Å². The Bertz CT molecular complexity index is 1190. The Hall–Kier alpha value is -3.26. The van der Waals surface area contributed by atoms with Crippen molar-refractivity contribution in [1.82, 2.24) is 20.2 Å². The Labute approximate surface area is 150 Å². The van der Waals surface area contributed by atoms with Crippen LogP contribution in [0, 0.1) is 6.92 Å². The first-order chi connectivity index (χ1) is 12.5. The molecule has 1 aromatic heterocycles. The number of nitrogens with zero attached hydrogens (tertiary/aromatic N) is 4. The van der Waals surface area contributed by atoms with Crippen LogP contribution in [0.25, 0.3) is 16.5 Å². The van der Waals surface area contributed by atoms with Crippen LogP contribution in [0.4, 0.5) is 5.69 Å². The minimum atomic E-state index is -3.72. The van der Waals surface area contributed by atoms with E-state index in [1.54, 1.807) is 30.3 Å². The lowest BCUT2D eigenvalue weighted by Gasteiger charge is -2.13. The smallest absolute Gasteiger partial charge is 0.261 e. The Balaban J connectivity index is 1.72. The lowest BCUT2D eigenvalue weighted by Crippen LogP contribution is -2.14. The van der Waals surface area contributed by atoms with E-state index >= 15 is 0 Å². The standard InChI is InChI=1S/C18H15N5O2S/c1-13-17(7-4-8-18(13)23-12-19-21-22-23)20-26(24,25)16-10-9-14-5-2-3-6-15(14)11-16/h2-12,20H,1H3. The van der Waals surface area contributed by atoms with Crippen LogP contribution >= 0.6 is 0 Å². The second kappa shape index (κ2) is 6.23. The van der Waals surface area contributed by atoms with Crippen LogP contribution in [-0.4, -0.2) is 28.6 Å². The number of aromatic nitrogens is 4. The first-order valence-corrected chi connectivity index (χ1v) is 9.37. The molecule has 0 aliphatic heterocycles. The molecule has 0 amide bonds. The molecule has 0 spiro atoms. The number of sulfonamides is 1. The fourth-order valence-electron chi connectivity index (χ4n) is 2.79. The number of rotatable bonds is 4. The van der Waals surface area contributed by atoms with Crippen molar-refractivity contribution in [1.29, 1.82) is 0 Å². The van der Waals surface area contributed by atoms with E-state index < -0.39 is 10.0 Å². The topological polar surface area (TPSA) is 89.8 Å². The van der Waals surface area contributed by atoms with Gasteiger partial charge < -0.3 is 0 Å². The van der Waals surface area contributed by atoms with Gasteiger partial charge in [0.05, 0.1) is 16.3 Å². The summed E-state index contributed by atoms with van der Waals surface area (Å²) in [7, 11) is -3.72. The highest BCUT2D eigenvalue weighted by molar-refractivity contribution is 7.92. The zero-order valence-corrected chi connectivity index (χ0v) is 14.7. The third-order valence-electron chi connectivity index (χ3n) is 4.18. The number of nitrogens with one attached hydrogen (secondary N) is 1. The number of anilines is 1. The fourth-order valence-corrected chi connectivity index (χ4v) is 3.95. The van der Waals surface area contributed by atoms with Crippen LogP contribution in [0.2, 0.25) is 0 Å². The monoisotopic (exact) mass is 365 g/mol. The van der Waals surface area contributed by atoms with Gasteiger partial charge in [0.15, 0.2) is 0 Å². The molecule has 26 heavy (non-hydrogen) atoms. The number of fused-ring (bicyclic) bond motifs is 1. The predicted molar refractivity (Wildman–Crippen MR) is 98.6 cm³/mol. The van der Waals surface area contributed by atoms with Gasteiger partial charge in [-0.05, 0) is 58.0 Å². The predicted octanol–water partition coefficient (Wildman–Crippen LogP) is 2.92. The molecule has 0 aliphatic carbocycles. The zero-order valence-electron chi connectivity index (χ0n) is 13.9. The summed E-state index contributed by atoms with van der Waals surface area (Å²) in [6.07, 6.45) is 1.46.